The van der Waals surface area contributed by atoms with Crippen molar-refractivity contribution >= 4 is 17.2 Å². The number of aromatic nitrogens is 1. The third-order valence-corrected chi connectivity index (χ3v) is 6.42. The monoisotopic (exact) mass is 380 g/mol. The Hall–Kier alpha value is -2.53. The molecule has 138 valence electrons. The summed E-state index contributed by atoms with van der Waals surface area (Å²) in [6, 6.07) is 16.5. The number of nitrogens with one attached hydrogen (secondary N) is 1. The fraction of sp³-hybridized carbons (Fsp3) is 0.273. The molecule has 2 aromatic carbocycles. The Morgan fingerprint density at radius 2 is 1.89 bits per heavy atom. The summed E-state index contributed by atoms with van der Waals surface area (Å²) in [5.41, 5.74) is 3.08. The number of carbonyl (C=O) groups excluding carboxylic acids is 1. The van der Waals surface area contributed by atoms with E-state index in [0.717, 1.165) is 33.1 Å². The van der Waals surface area contributed by atoms with Crippen molar-refractivity contribution in [2.45, 2.75) is 32.2 Å². The average molecular weight is 380 g/mol. The highest BCUT2D eigenvalue weighted by molar-refractivity contribution is 7.15. The van der Waals surface area contributed by atoms with Crippen molar-refractivity contribution in [1.29, 1.82) is 0 Å². The van der Waals surface area contributed by atoms with Gasteiger partial charge in [-0.05, 0) is 43.9 Å². The van der Waals surface area contributed by atoms with Gasteiger partial charge in [0.25, 0.3) is 0 Å². The molecule has 3 atom stereocenters. The molecule has 1 aliphatic carbocycles. The smallest absolute Gasteiger partial charge is 0.224 e. The van der Waals surface area contributed by atoms with E-state index in [1.165, 1.54) is 12.1 Å². The quantitative estimate of drug-likeness (QED) is 0.658. The van der Waals surface area contributed by atoms with Crippen molar-refractivity contribution < 1.29 is 9.18 Å². The van der Waals surface area contributed by atoms with Crippen molar-refractivity contribution in [2.75, 3.05) is 0 Å². The van der Waals surface area contributed by atoms with Crippen LogP contribution in [0, 0.1) is 18.7 Å². The van der Waals surface area contributed by atoms with Crippen LogP contribution in [0.15, 0.2) is 54.6 Å². The molecule has 1 fully saturated rings. The molecule has 1 N–H and O–H groups in total. The predicted molar refractivity (Wildman–Crippen MR) is 106 cm³/mol. The molecule has 0 bridgehead atoms. The van der Waals surface area contributed by atoms with E-state index in [1.54, 1.807) is 23.5 Å². The average Bonchev–Trinajstić information content (AvgIpc) is 3.38. The van der Waals surface area contributed by atoms with Crippen LogP contribution in [-0.2, 0) is 4.79 Å². The van der Waals surface area contributed by atoms with Crippen LogP contribution in [0.4, 0.5) is 4.39 Å². The summed E-state index contributed by atoms with van der Waals surface area (Å²) in [5, 5.41) is 4.10. The molecule has 0 aliphatic heterocycles. The number of halogens is 1. The van der Waals surface area contributed by atoms with E-state index in [2.05, 4.69) is 10.3 Å². The number of hydrogen-bond acceptors (Lipinski definition) is 3. The molecular formula is C22H21FN2OS. The SMILES string of the molecule is Cc1nc(-c2ccccc2)sc1C(C)NC(=O)C1CC1c1ccc(F)cc1. The maximum atomic E-state index is 13.1. The van der Waals surface area contributed by atoms with Crippen LogP contribution in [0.25, 0.3) is 10.6 Å². The minimum atomic E-state index is -0.246. The number of rotatable bonds is 5. The third-order valence-electron chi connectivity index (χ3n) is 5.03. The lowest BCUT2D eigenvalue weighted by Crippen LogP contribution is -2.28. The molecule has 1 heterocycles. The minimum absolute atomic E-state index is 0.0280. The highest BCUT2D eigenvalue weighted by atomic mass is 32.1. The normalized spacial score (nSPS) is 19.5. The molecule has 1 amide bonds. The molecular weight excluding hydrogens is 359 g/mol. The van der Waals surface area contributed by atoms with Crippen LogP contribution < -0.4 is 5.32 Å². The summed E-state index contributed by atoms with van der Waals surface area (Å²) < 4.78 is 13.1. The summed E-state index contributed by atoms with van der Waals surface area (Å²) in [6.45, 7) is 3.99. The maximum Gasteiger partial charge on any atom is 0.224 e. The lowest BCUT2D eigenvalue weighted by molar-refractivity contribution is -0.123. The fourth-order valence-electron chi connectivity index (χ4n) is 3.46. The molecule has 27 heavy (non-hydrogen) atoms. The molecule has 3 aromatic rings. The van der Waals surface area contributed by atoms with Gasteiger partial charge in [0.2, 0.25) is 5.91 Å². The van der Waals surface area contributed by atoms with Gasteiger partial charge < -0.3 is 5.32 Å². The maximum absolute atomic E-state index is 13.1. The van der Waals surface area contributed by atoms with Gasteiger partial charge in [-0.2, -0.15) is 0 Å². The van der Waals surface area contributed by atoms with E-state index >= 15 is 0 Å². The van der Waals surface area contributed by atoms with Crippen LogP contribution >= 0.6 is 11.3 Å². The number of aryl methyl sites for hydroxylation is 1. The van der Waals surface area contributed by atoms with E-state index < -0.39 is 0 Å². The van der Waals surface area contributed by atoms with Crippen molar-refractivity contribution in [3.63, 3.8) is 0 Å². The number of amides is 1. The Balaban J connectivity index is 1.42. The first-order chi connectivity index (χ1) is 13.0. The number of hydrogen-bond donors (Lipinski definition) is 1. The zero-order chi connectivity index (χ0) is 19.0. The molecule has 1 aromatic heterocycles. The van der Waals surface area contributed by atoms with Gasteiger partial charge in [0.15, 0.2) is 0 Å². The summed E-state index contributed by atoms with van der Waals surface area (Å²) in [6.07, 6.45) is 0.821. The lowest BCUT2D eigenvalue weighted by atomic mass is 10.1. The van der Waals surface area contributed by atoms with Gasteiger partial charge in [0, 0.05) is 11.5 Å². The highest BCUT2D eigenvalue weighted by Crippen LogP contribution is 2.48. The first-order valence-corrected chi connectivity index (χ1v) is 9.93. The van der Waals surface area contributed by atoms with Gasteiger partial charge in [-0.25, -0.2) is 9.37 Å². The van der Waals surface area contributed by atoms with Crippen LogP contribution in [0.2, 0.25) is 0 Å². The van der Waals surface area contributed by atoms with Gasteiger partial charge in [-0.3, -0.25) is 4.79 Å². The fourth-order valence-corrected chi connectivity index (χ4v) is 4.54. The van der Waals surface area contributed by atoms with Crippen molar-refractivity contribution in [3.05, 3.63) is 76.5 Å². The zero-order valence-electron chi connectivity index (χ0n) is 15.3. The van der Waals surface area contributed by atoms with E-state index in [4.69, 9.17) is 0 Å². The van der Waals surface area contributed by atoms with Crippen LogP contribution in [0.5, 0.6) is 0 Å². The molecule has 3 nitrogen and oxygen atoms in total. The largest absolute Gasteiger partial charge is 0.348 e. The van der Waals surface area contributed by atoms with E-state index in [1.807, 2.05) is 44.2 Å². The highest BCUT2D eigenvalue weighted by Gasteiger charge is 2.44. The van der Waals surface area contributed by atoms with Gasteiger partial charge in [0.1, 0.15) is 10.8 Å². The molecule has 5 heteroatoms. The molecule has 4 rings (SSSR count). The predicted octanol–water partition coefficient (Wildman–Crippen LogP) is 5.24. The first kappa shape index (κ1) is 17.9. The van der Waals surface area contributed by atoms with Crippen LogP contribution in [-0.4, -0.2) is 10.9 Å². The minimum Gasteiger partial charge on any atom is -0.348 e. The first-order valence-electron chi connectivity index (χ1n) is 9.11. The number of nitrogens with zero attached hydrogens (tertiary/aromatic N) is 1. The Bertz CT molecular complexity index is 952. The summed E-state index contributed by atoms with van der Waals surface area (Å²) in [7, 11) is 0. The summed E-state index contributed by atoms with van der Waals surface area (Å²) >= 11 is 1.63. The second kappa shape index (κ2) is 7.24. The lowest BCUT2D eigenvalue weighted by Gasteiger charge is -2.13. The van der Waals surface area contributed by atoms with Crippen LogP contribution in [0.3, 0.4) is 0 Å². The molecule has 0 saturated heterocycles. The Labute approximate surface area is 162 Å². The standard InChI is InChI=1S/C22H21FN2OS/c1-13(20-14(2)25-22(27-20)16-6-4-3-5-7-16)24-21(26)19-12-18(19)15-8-10-17(23)11-9-15/h3-11,13,18-19H,12H2,1-2H3,(H,24,26). The molecule has 0 spiro atoms. The molecule has 1 saturated carbocycles. The summed E-state index contributed by atoms with van der Waals surface area (Å²) in [4.78, 5) is 18.4. The molecule has 1 aliphatic rings. The molecule has 3 unspecified atom stereocenters. The number of benzene rings is 2. The van der Waals surface area contributed by atoms with Gasteiger partial charge >= 0.3 is 0 Å². The van der Waals surface area contributed by atoms with Crippen LogP contribution in [0.1, 0.15) is 41.4 Å². The number of thiazole rings is 1. The zero-order valence-corrected chi connectivity index (χ0v) is 16.1. The van der Waals surface area contributed by atoms with Gasteiger partial charge in [-0.15, -0.1) is 11.3 Å². The van der Waals surface area contributed by atoms with E-state index in [9.17, 15) is 9.18 Å². The Morgan fingerprint density at radius 3 is 2.59 bits per heavy atom. The van der Waals surface area contributed by atoms with Crippen molar-refractivity contribution in [2.24, 2.45) is 5.92 Å². The van der Waals surface area contributed by atoms with Crippen molar-refractivity contribution in [3.8, 4) is 10.6 Å². The third kappa shape index (κ3) is 3.78. The summed E-state index contributed by atoms with van der Waals surface area (Å²) in [5.74, 6) is -0.0187. The number of carbonyl (C=O) groups is 1. The van der Waals surface area contributed by atoms with E-state index in [0.29, 0.717) is 0 Å². The Morgan fingerprint density at radius 1 is 1.19 bits per heavy atom. The second-order valence-corrected chi connectivity index (χ2v) is 8.10. The molecule has 0 radical (unpaired) electrons. The van der Waals surface area contributed by atoms with E-state index in [-0.39, 0.29) is 29.6 Å². The second-order valence-electron chi connectivity index (χ2n) is 7.07. The van der Waals surface area contributed by atoms with Gasteiger partial charge in [0.05, 0.1) is 16.6 Å². The van der Waals surface area contributed by atoms with Crippen molar-refractivity contribution in [1.82, 2.24) is 10.3 Å². The van der Waals surface area contributed by atoms with Gasteiger partial charge in [-0.1, -0.05) is 42.5 Å². The Kier molecular flexibility index (Phi) is 4.79. The topological polar surface area (TPSA) is 42.0 Å².